The summed E-state index contributed by atoms with van der Waals surface area (Å²) in [5.41, 5.74) is 1.97. The third kappa shape index (κ3) is 6.90. The first kappa shape index (κ1) is 28.2. The lowest BCUT2D eigenvalue weighted by Crippen LogP contribution is -2.52. The van der Waals surface area contributed by atoms with Crippen molar-refractivity contribution in [2.24, 2.45) is 0 Å². The zero-order chi connectivity index (χ0) is 27.0. The molecule has 37 heavy (non-hydrogen) atoms. The van der Waals surface area contributed by atoms with Crippen molar-refractivity contribution >= 4 is 39.1 Å². The summed E-state index contributed by atoms with van der Waals surface area (Å²) in [6.45, 7) is 5.49. The van der Waals surface area contributed by atoms with Gasteiger partial charge in [-0.25, -0.2) is 8.42 Å². The number of sulfonamides is 1. The van der Waals surface area contributed by atoms with Gasteiger partial charge in [0.1, 0.15) is 12.6 Å². The van der Waals surface area contributed by atoms with Crippen LogP contribution in [0, 0.1) is 6.92 Å². The highest BCUT2D eigenvalue weighted by molar-refractivity contribution is 7.92. The van der Waals surface area contributed by atoms with Crippen molar-refractivity contribution < 1.29 is 18.0 Å². The van der Waals surface area contributed by atoms with Crippen molar-refractivity contribution in [3.05, 3.63) is 95.0 Å². The molecule has 1 unspecified atom stereocenters. The molecule has 196 valence electrons. The zero-order valence-electron chi connectivity index (χ0n) is 21.2. The molecule has 0 aliphatic heterocycles. The minimum absolute atomic E-state index is 0.0568. The minimum atomic E-state index is -4.08. The summed E-state index contributed by atoms with van der Waals surface area (Å²) in [7, 11) is -4.08. The number of carbonyl (C=O) groups excluding carboxylic acids is 2. The molecule has 1 N–H and O–H groups in total. The number of hydrogen-bond acceptors (Lipinski definition) is 4. The Bertz CT molecular complexity index is 1310. The molecule has 0 aromatic heterocycles. The van der Waals surface area contributed by atoms with Crippen molar-refractivity contribution in [1.29, 1.82) is 0 Å². The molecule has 3 aromatic carbocycles. The maximum absolute atomic E-state index is 13.9. The van der Waals surface area contributed by atoms with Gasteiger partial charge in [-0.3, -0.25) is 13.9 Å². The van der Waals surface area contributed by atoms with Crippen LogP contribution in [0.2, 0.25) is 5.02 Å². The molecule has 0 saturated carbocycles. The molecule has 3 aromatic rings. The lowest BCUT2D eigenvalue weighted by Gasteiger charge is -2.33. The highest BCUT2D eigenvalue weighted by atomic mass is 35.5. The first-order valence-electron chi connectivity index (χ1n) is 12.1. The molecule has 0 saturated heterocycles. The minimum Gasteiger partial charge on any atom is -0.355 e. The lowest BCUT2D eigenvalue weighted by atomic mass is 10.1. The van der Waals surface area contributed by atoms with Crippen LogP contribution in [0.25, 0.3) is 0 Å². The van der Waals surface area contributed by atoms with E-state index < -0.39 is 28.5 Å². The summed E-state index contributed by atoms with van der Waals surface area (Å²) < 4.78 is 28.5. The molecule has 0 radical (unpaired) electrons. The van der Waals surface area contributed by atoms with E-state index in [9.17, 15) is 18.0 Å². The van der Waals surface area contributed by atoms with Crippen molar-refractivity contribution in [1.82, 2.24) is 10.2 Å². The van der Waals surface area contributed by atoms with Crippen LogP contribution in [0.5, 0.6) is 0 Å². The fourth-order valence-corrected chi connectivity index (χ4v) is 5.61. The van der Waals surface area contributed by atoms with Gasteiger partial charge in [0.15, 0.2) is 0 Å². The van der Waals surface area contributed by atoms with Gasteiger partial charge in [0.2, 0.25) is 11.8 Å². The number of aryl methyl sites for hydroxylation is 1. The number of carbonyl (C=O) groups is 2. The van der Waals surface area contributed by atoms with Gasteiger partial charge in [-0.1, -0.05) is 72.6 Å². The van der Waals surface area contributed by atoms with Crippen LogP contribution in [0.15, 0.2) is 83.8 Å². The van der Waals surface area contributed by atoms with Crippen LogP contribution in [0.4, 0.5) is 5.69 Å². The molecule has 7 nitrogen and oxygen atoms in total. The highest BCUT2D eigenvalue weighted by Gasteiger charge is 2.33. The third-order valence-electron chi connectivity index (χ3n) is 5.97. The Morgan fingerprint density at radius 1 is 0.919 bits per heavy atom. The van der Waals surface area contributed by atoms with Gasteiger partial charge in [0, 0.05) is 18.1 Å². The summed E-state index contributed by atoms with van der Waals surface area (Å²) in [4.78, 5) is 28.3. The molecule has 0 aliphatic rings. The third-order valence-corrected chi connectivity index (χ3v) is 8.12. The second-order valence-corrected chi connectivity index (χ2v) is 10.9. The summed E-state index contributed by atoms with van der Waals surface area (Å²) >= 11 is 6.39. The van der Waals surface area contributed by atoms with Crippen molar-refractivity contribution in [3.8, 4) is 0 Å². The van der Waals surface area contributed by atoms with Gasteiger partial charge >= 0.3 is 0 Å². The zero-order valence-corrected chi connectivity index (χ0v) is 22.8. The molecule has 0 heterocycles. The number of hydrogen-bond donors (Lipinski definition) is 1. The van der Waals surface area contributed by atoms with Gasteiger partial charge in [0.05, 0.1) is 10.6 Å². The summed E-state index contributed by atoms with van der Waals surface area (Å²) in [6, 6.07) is 21.2. The van der Waals surface area contributed by atoms with E-state index in [2.05, 4.69) is 5.32 Å². The van der Waals surface area contributed by atoms with E-state index in [0.717, 1.165) is 9.87 Å². The van der Waals surface area contributed by atoms with Crippen molar-refractivity contribution in [3.63, 3.8) is 0 Å². The molecule has 3 rings (SSSR count). The van der Waals surface area contributed by atoms with E-state index in [0.29, 0.717) is 29.2 Å². The molecule has 0 bridgehead atoms. The van der Waals surface area contributed by atoms with Gasteiger partial charge in [0.25, 0.3) is 10.0 Å². The van der Waals surface area contributed by atoms with E-state index in [-0.39, 0.29) is 17.3 Å². The number of anilines is 1. The molecule has 0 aliphatic carbocycles. The number of halogens is 1. The van der Waals surface area contributed by atoms with Gasteiger partial charge in [-0.2, -0.15) is 0 Å². The fraction of sp³-hybridized carbons (Fsp3) is 0.286. The Labute approximate surface area is 224 Å². The number of likely N-dealkylation sites (N-methyl/N-ethyl adjacent to an activating group) is 1. The van der Waals surface area contributed by atoms with E-state index in [1.165, 1.54) is 17.0 Å². The van der Waals surface area contributed by atoms with Crippen LogP contribution < -0.4 is 9.62 Å². The maximum Gasteiger partial charge on any atom is 0.264 e. The van der Waals surface area contributed by atoms with Crippen LogP contribution in [-0.2, 0) is 26.2 Å². The highest BCUT2D eigenvalue weighted by Crippen LogP contribution is 2.26. The van der Waals surface area contributed by atoms with E-state index in [4.69, 9.17) is 11.6 Å². The van der Waals surface area contributed by atoms with Crippen molar-refractivity contribution in [2.75, 3.05) is 17.4 Å². The maximum atomic E-state index is 13.9. The fourth-order valence-electron chi connectivity index (χ4n) is 3.98. The van der Waals surface area contributed by atoms with Crippen LogP contribution in [-0.4, -0.2) is 44.3 Å². The molecule has 1 atom stereocenters. The topological polar surface area (TPSA) is 86.8 Å². The van der Waals surface area contributed by atoms with Crippen LogP contribution in [0.1, 0.15) is 31.4 Å². The number of benzene rings is 3. The molecular weight excluding hydrogens is 510 g/mol. The summed E-state index contributed by atoms with van der Waals surface area (Å²) in [5, 5.41) is 3.24. The van der Waals surface area contributed by atoms with Crippen molar-refractivity contribution in [2.45, 2.75) is 44.7 Å². The number of nitrogens with one attached hydrogen (secondary N) is 1. The lowest BCUT2D eigenvalue weighted by molar-refractivity contribution is -0.140. The largest absolute Gasteiger partial charge is 0.355 e. The number of rotatable bonds is 11. The van der Waals surface area contributed by atoms with E-state index in [1.807, 2.05) is 13.8 Å². The average Bonchev–Trinajstić information content (AvgIpc) is 2.89. The smallest absolute Gasteiger partial charge is 0.264 e. The molecule has 2 amide bonds. The monoisotopic (exact) mass is 541 g/mol. The second kappa shape index (κ2) is 12.7. The Hall–Kier alpha value is -3.36. The predicted molar refractivity (Wildman–Crippen MR) is 147 cm³/mol. The van der Waals surface area contributed by atoms with Gasteiger partial charge < -0.3 is 10.2 Å². The average molecular weight is 542 g/mol. The van der Waals surface area contributed by atoms with Gasteiger partial charge in [-0.15, -0.1) is 0 Å². The Morgan fingerprint density at radius 3 is 2.14 bits per heavy atom. The number of amides is 2. The normalized spacial score (nSPS) is 12.0. The van der Waals surface area contributed by atoms with Crippen LogP contribution >= 0.6 is 11.6 Å². The van der Waals surface area contributed by atoms with Crippen LogP contribution in [0.3, 0.4) is 0 Å². The number of nitrogens with zero attached hydrogens (tertiary/aromatic N) is 2. The Kier molecular flexibility index (Phi) is 9.72. The molecule has 9 heteroatoms. The molecule has 0 fully saturated rings. The Morgan fingerprint density at radius 2 is 1.54 bits per heavy atom. The van der Waals surface area contributed by atoms with E-state index >= 15 is 0 Å². The second-order valence-electron chi connectivity index (χ2n) is 8.59. The van der Waals surface area contributed by atoms with E-state index in [1.54, 1.807) is 73.7 Å². The standard InChI is InChI=1S/C28H32ClN3O4S/c1-4-26(28(34)30-5-2)31(19-22-11-9-10-14-25(22)29)27(33)20-32(23-17-15-21(3)16-18-23)37(35,36)24-12-7-6-8-13-24/h6-18,26H,4-5,19-20H2,1-3H3,(H,30,34). The Balaban J connectivity index is 2.05. The first-order valence-corrected chi connectivity index (χ1v) is 14.0. The summed E-state index contributed by atoms with van der Waals surface area (Å²) in [6.07, 6.45) is 0.345. The SMILES string of the molecule is CCNC(=O)C(CC)N(Cc1ccccc1Cl)C(=O)CN(c1ccc(C)cc1)S(=O)(=O)c1ccccc1. The predicted octanol–water partition coefficient (Wildman–Crippen LogP) is 4.79. The quantitative estimate of drug-likeness (QED) is 0.378. The molecular formula is C28H32ClN3O4S. The van der Waals surface area contributed by atoms with Gasteiger partial charge in [-0.05, 0) is 56.2 Å². The summed E-state index contributed by atoms with van der Waals surface area (Å²) in [5.74, 6) is -0.823. The molecule has 0 spiro atoms. The first-order chi connectivity index (χ1) is 17.7.